The van der Waals surface area contributed by atoms with Crippen molar-refractivity contribution in [2.75, 3.05) is 0 Å². The lowest BCUT2D eigenvalue weighted by atomic mass is 10.1. The second-order valence-corrected chi connectivity index (χ2v) is 6.75. The number of fused-ring (bicyclic) bond motifs is 1. The zero-order valence-electron chi connectivity index (χ0n) is 14.3. The second-order valence-electron chi connectivity index (χ2n) is 6.75. The molecule has 0 fully saturated rings. The first-order valence-electron chi connectivity index (χ1n) is 8.33. The maximum absolute atomic E-state index is 12.3. The fraction of sp³-hybridized carbons (Fsp3) is 0.625. The van der Waals surface area contributed by atoms with Crippen molar-refractivity contribution in [2.45, 2.75) is 52.1 Å². The van der Waals surface area contributed by atoms with E-state index < -0.39 is 0 Å². The first-order valence-corrected chi connectivity index (χ1v) is 8.33. The van der Waals surface area contributed by atoms with Gasteiger partial charge in [0, 0.05) is 38.5 Å². The summed E-state index contributed by atoms with van der Waals surface area (Å²) in [4.78, 5) is 24.3. The molecule has 0 saturated carbocycles. The van der Waals surface area contributed by atoms with Crippen LogP contribution in [0.1, 0.15) is 48.8 Å². The standard InChI is InChI=1S/C16H23N5O3/c1-10(2)8-12-9-13(19-24-12)15(22)17-11-4-5-14-18-20(3)16(23)21(14)7-6-11/h9-11H,4-8H2,1-3H3,(H,17,22). The van der Waals surface area contributed by atoms with Gasteiger partial charge in [-0.1, -0.05) is 19.0 Å². The van der Waals surface area contributed by atoms with Crippen LogP contribution < -0.4 is 11.0 Å². The van der Waals surface area contributed by atoms with Crippen LogP contribution in [0.3, 0.4) is 0 Å². The first kappa shape index (κ1) is 16.5. The third kappa shape index (κ3) is 3.42. The molecule has 0 aromatic carbocycles. The number of carbonyl (C=O) groups excluding carboxylic acids is 1. The van der Waals surface area contributed by atoms with Crippen LogP contribution in [0.5, 0.6) is 0 Å². The molecule has 0 saturated heterocycles. The summed E-state index contributed by atoms with van der Waals surface area (Å²) in [5.74, 6) is 1.71. The Hall–Kier alpha value is -2.38. The quantitative estimate of drug-likeness (QED) is 0.897. The number of aryl methyl sites for hydroxylation is 2. The molecule has 1 N–H and O–H groups in total. The van der Waals surface area contributed by atoms with Crippen LogP contribution >= 0.6 is 0 Å². The average molecular weight is 333 g/mol. The molecule has 0 radical (unpaired) electrons. The smallest absolute Gasteiger partial charge is 0.345 e. The molecule has 1 aliphatic heterocycles. The van der Waals surface area contributed by atoms with E-state index in [1.165, 1.54) is 4.68 Å². The lowest BCUT2D eigenvalue weighted by Crippen LogP contribution is -2.35. The van der Waals surface area contributed by atoms with Gasteiger partial charge in [0.05, 0.1) is 0 Å². The van der Waals surface area contributed by atoms with Crippen molar-refractivity contribution in [3.63, 3.8) is 0 Å². The van der Waals surface area contributed by atoms with E-state index in [9.17, 15) is 9.59 Å². The molecule has 0 spiro atoms. The van der Waals surface area contributed by atoms with Crippen molar-refractivity contribution in [3.8, 4) is 0 Å². The third-order valence-corrected chi connectivity index (χ3v) is 4.24. The van der Waals surface area contributed by atoms with E-state index in [2.05, 4.69) is 29.4 Å². The highest BCUT2D eigenvalue weighted by atomic mass is 16.5. The average Bonchev–Trinajstić information content (AvgIpc) is 3.01. The Labute approximate surface area is 139 Å². The van der Waals surface area contributed by atoms with Crippen molar-refractivity contribution < 1.29 is 9.32 Å². The largest absolute Gasteiger partial charge is 0.361 e. The monoisotopic (exact) mass is 333 g/mol. The van der Waals surface area contributed by atoms with E-state index in [1.807, 2.05) is 0 Å². The Bertz CT molecular complexity index is 786. The first-order chi connectivity index (χ1) is 11.4. The number of rotatable bonds is 4. The van der Waals surface area contributed by atoms with E-state index in [-0.39, 0.29) is 17.6 Å². The van der Waals surface area contributed by atoms with Crippen LogP contribution in [0.25, 0.3) is 0 Å². The summed E-state index contributed by atoms with van der Waals surface area (Å²) in [5, 5.41) is 11.1. The molecule has 0 aliphatic carbocycles. The van der Waals surface area contributed by atoms with E-state index in [4.69, 9.17) is 4.52 Å². The minimum Gasteiger partial charge on any atom is -0.361 e. The van der Waals surface area contributed by atoms with Crippen LogP contribution in [-0.2, 0) is 26.4 Å². The number of hydrogen-bond acceptors (Lipinski definition) is 5. The fourth-order valence-corrected chi connectivity index (χ4v) is 3.02. The second kappa shape index (κ2) is 6.62. The molecule has 1 atom stereocenters. The normalized spacial score (nSPS) is 17.6. The Balaban J connectivity index is 1.61. The Morgan fingerprint density at radius 2 is 2.25 bits per heavy atom. The molecule has 3 heterocycles. The number of nitrogens with one attached hydrogen (secondary N) is 1. The third-order valence-electron chi connectivity index (χ3n) is 4.24. The van der Waals surface area contributed by atoms with Gasteiger partial charge in [-0.25, -0.2) is 9.48 Å². The zero-order valence-corrected chi connectivity index (χ0v) is 14.3. The summed E-state index contributed by atoms with van der Waals surface area (Å²) in [6, 6.07) is 1.70. The maximum Gasteiger partial charge on any atom is 0.345 e. The van der Waals surface area contributed by atoms with Crippen molar-refractivity contribution in [1.82, 2.24) is 24.8 Å². The summed E-state index contributed by atoms with van der Waals surface area (Å²) in [6.07, 6.45) is 2.87. The Morgan fingerprint density at radius 1 is 1.46 bits per heavy atom. The van der Waals surface area contributed by atoms with Crippen LogP contribution in [0.2, 0.25) is 0 Å². The molecule has 130 valence electrons. The van der Waals surface area contributed by atoms with Crippen molar-refractivity contribution in [3.05, 3.63) is 33.8 Å². The fourth-order valence-electron chi connectivity index (χ4n) is 3.02. The summed E-state index contributed by atoms with van der Waals surface area (Å²) < 4.78 is 8.25. The van der Waals surface area contributed by atoms with Crippen LogP contribution in [0.15, 0.2) is 15.4 Å². The molecule has 8 heteroatoms. The molecular weight excluding hydrogens is 310 g/mol. The predicted molar refractivity (Wildman–Crippen MR) is 86.7 cm³/mol. The van der Waals surface area contributed by atoms with Gasteiger partial charge >= 0.3 is 5.69 Å². The SMILES string of the molecule is CC(C)Cc1cc(C(=O)NC2CCc3nn(C)c(=O)n3CC2)no1. The van der Waals surface area contributed by atoms with Crippen LogP contribution in [-0.4, -0.2) is 31.5 Å². The van der Waals surface area contributed by atoms with E-state index >= 15 is 0 Å². The molecule has 1 aliphatic rings. The minimum atomic E-state index is -0.230. The zero-order chi connectivity index (χ0) is 17.3. The molecular formula is C16H23N5O3. The Kier molecular flexibility index (Phi) is 4.55. The number of nitrogens with zero attached hydrogens (tertiary/aromatic N) is 4. The van der Waals surface area contributed by atoms with Gasteiger partial charge in [0.15, 0.2) is 5.69 Å². The highest BCUT2D eigenvalue weighted by Gasteiger charge is 2.23. The number of aromatic nitrogens is 4. The molecule has 2 aromatic heterocycles. The van der Waals surface area contributed by atoms with Crippen molar-refractivity contribution in [2.24, 2.45) is 13.0 Å². The number of hydrogen-bond donors (Lipinski definition) is 1. The summed E-state index contributed by atoms with van der Waals surface area (Å²) >= 11 is 0. The van der Waals surface area contributed by atoms with Crippen LogP contribution in [0.4, 0.5) is 0 Å². The summed E-state index contributed by atoms with van der Waals surface area (Å²) in [5.41, 5.74) is 0.204. The van der Waals surface area contributed by atoms with E-state index in [0.29, 0.717) is 31.0 Å². The maximum atomic E-state index is 12.3. The molecule has 8 nitrogen and oxygen atoms in total. The predicted octanol–water partition coefficient (Wildman–Crippen LogP) is 0.903. The molecule has 1 unspecified atom stereocenters. The van der Waals surface area contributed by atoms with Gasteiger partial charge < -0.3 is 9.84 Å². The van der Waals surface area contributed by atoms with Crippen molar-refractivity contribution in [1.29, 1.82) is 0 Å². The topological polar surface area (TPSA) is 95.0 Å². The molecule has 0 bridgehead atoms. The van der Waals surface area contributed by atoms with Gasteiger partial charge in [0.25, 0.3) is 5.91 Å². The van der Waals surface area contributed by atoms with Gasteiger partial charge in [-0.3, -0.25) is 9.36 Å². The van der Waals surface area contributed by atoms with Gasteiger partial charge in [-0.15, -0.1) is 0 Å². The van der Waals surface area contributed by atoms with E-state index in [1.54, 1.807) is 17.7 Å². The summed E-state index contributed by atoms with van der Waals surface area (Å²) in [7, 11) is 1.66. The molecule has 3 rings (SSSR count). The lowest BCUT2D eigenvalue weighted by molar-refractivity contribution is 0.0923. The molecule has 24 heavy (non-hydrogen) atoms. The Morgan fingerprint density at radius 3 is 3.00 bits per heavy atom. The van der Waals surface area contributed by atoms with Gasteiger partial charge in [-0.2, -0.15) is 5.10 Å². The lowest BCUT2D eigenvalue weighted by Gasteiger charge is -2.14. The van der Waals surface area contributed by atoms with E-state index in [0.717, 1.165) is 24.4 Å². The minimum absolute atomic E-state index is 0.00541. The molecule has 2 aromatic rings. The highest BCUT2D eigenvalue weighted by molar-refractivity contribution is 5.92. The number of carbonyl (C=O) groups is 1. The number of amides is 1. The molecule has 1 amide bonds. The van der Waals surface area contributed by atoms with Gasteiger partial charge in [0.2, 0.25) is 0 Å². The van der Waals surface area contributed by atoms with Crippen molar-refractivity contribution >= 4 is 5.91 Å². The summed E-state index contributed by atoms with van der Waals surface area (Å²) in [6.45, 7) is 4.73. The van der Waals surface area contributed by atoms with Crippen LogP contribution in [0, 0.1) is 5.92 Å². The van der Waals surface area contributed by atoms with Gasteiger partial charge in [0.1, 0.15) is 11.6 Å². The highest BCUT2D eigenvalue weighted by Crippen LogP contribution is 2.14. The van der Waals surface area contributed by atoms with Gasteiger partial charge in [-0.05, 0) is 18.8 Å².